The van der Waals surface area contributed by atoms with Gasteiger partial charge in [0.25, 0.3) is 6.43 Å². The molecule has 0 bridgehead atoms. The van der Waals surface area contributed by atoms with Crippen molar-refractivity contribution in [1.29, 1.82) is 0 Å². The van der Waals surface area contributed by atoms with E-state index in [1.165, 1.54) is 0 Å². The number of aliphatic hydroxyl groups excluding tert-OH is 1. The summed E-state index contributed by atoms with van der Waals surface area (Å²) in [6.07, 6.45) is 0.730. The normalized spacial score (nSPS) is 18.8. The van der Waals surface area contributed by atoms with Gasteiger partial charge in [0.1, 0.15) is 0 Å². The van der Waals surface area contributed by atoms with E-state index in [1.807, 2.05) is 0 Å². The zero-order chi connectivity index (χ0) is 11.3. The fourth-order valence-corrected chi connectivity index (χ4v) is 2.02. The first-order chi connectivity index (χ1) is 7.12. The van der Waals surface area contributed by atoms with Gasteiger partial charge in [-0.2, -0.15) is 0 Å². The van der Waals surface area contributed by atoms with Crippen molar-refractivity contribution in [3.63, 3.8) is 0 Å². The third-order valence-corrected chi connectivity index (χ3v) is 3.00. The lowest BCUT2D eigenvalue weighted by Gasteiger charge is -2.26. The highest BCUT2D eigenvalue weighted by molar-refractivity contribution is 4.95. The molecule has 1 aliphatic carbocycles. The minimum Gasteiger partial charge on any atom is -0.395 e. The lowest BCUT2D eigenvalue weighted by molar-refractivity contribution is 0.0664. The van der Waals surface area contributed by atoms with Crippen LogP contribution in [0.3, 0.4) is 0 Å². The van der Waals surface area contributed by atoms with Crippen LogP contribution in [0.5, 0.6) is 0 Å². The van der Waals surface area contributed by atoms with Crippen molar-refractivity contribution in [2.75, 3.05) is 32.8 Å². The van der Waals surface area contributed by atoms with E-state index in [2.05, 4.69) is 0 Å². The summed E-state index contributed by atoms with van der Waals surface area (Å²) in [5, 5.41) is 8.79. The second-order valence-electron chi connectivity index (χ2n) is 4.39. The molecule has 0 spiro atoms. The molecule has 1 saturated carbocycles. The fourth-order valence-electron chi connectivity index (χ4n) is 2.02. The number of hydrogen-bond donors (Lipinski definition) is 2. The molecule has 0 aromatic carbocycles. The second-order valence-corrected chi connectivity index (χ2v) is 4.39. The zero-order valence-electron chi connectivity index (χ0n) is 8.96. The Morgan fingerprint density at radius 2 is 2.07 bits per heavy atom. The topological polar surface area (TPSA) is 49.5 Å². The Morgan fingerprint density at radius 3 is 2.47 bits per heavy atom. The summed E-state index contributed by atoms with van der Waals surface area (Å²) in [6.45, 7) is 1.28. The zero-order valence-corrected chi connectivity index (χ0v) is 8.96. The number of alkyl halides is 2. The van der Waals surface area contributed by atoms with E-state index in [0.29, 0.717) is 19.6 Å². The molecule has 0 radical (unpaired) electrons. The van der Waals surface area contributed by atoms with E-state index in [-0.39, 0.29) is 18.6 Å². The summed E-state index contributed by atoms with van der Waals surface area (Å²) in [6, 6.07) is 0. The number of rotatable bonds is 8. The smallest absolute Gasteiger partial charge is 0.251 e. The summed E-state index contributed by atoms with van der Waals surface area (Å²) in [4.78, 5) is 1.65. The predicted molar refractivity (Wildman–Crippen MR) is 54.9 cm³/mol. The molecule has 1 rings (SSSR count). The Hall–Kier alpha value is -0.260. The van der Waals surface area contributed by atoms with Crippen molar-refractivity contribution in [2.45, 2.75) is 25.7 Å². The van der Waals surface area contributed by atoms with Crippen molar-refractivity contribution in [1.82, 2.24) is 4.90 Å². The molecule has 0 amide bonds. The molecule has 0 aromatic heterocycles. The molecule has 0 saturated heterocycles. The molecule has 0 heterocycles. The van der Waals surface area contributed by atoms with Crippen molar-refractivity contribution in [3.8, 4) is 0 Å². The van der Waals surface area contributed by atoms with Gasteiger partial charge in [-0.3, -0.25) is 4.90 Å². The molecule has 3 N–H and O–H groups in total. The monoisotopic (exact) mass is 222 g/mol. The minimum atomic E-state index is -2.33. The number of halogens is 2. The Balaban J connectivity index is 2.36. The molecular formula is C10H20F2N2O. The first kappa shape index (κ1) is 12.8. The summed E-state index contributed by atoms with van der Waals surface area (Å²) in [5.74, 6) is 0. The molecule has 0 unspecified atom stereocenters. The van der Waals surface area contributed by atoms with Gasteiger partial charge < -0.3 is 10.8 Å². The maximum absolute atomic E-state index is 12.2. The molecule has 1 fully saturated rings. The van der Waals surface area contributed by atoms with Gasteiger partial charge >= 0.3 is 0 Å². The molecule has 90 valence electrons. The van der Waals surface area contributed by atoms with Crippen LogP contribution in [0.4, 0.5) is 8.78 Å². The quantitative estimate of drug-likeness (QED) is 0.635. The molecule has 0 atom stereocenters. The van der Waals surface area contributed by atoms with Crippen LogP contribution >= 0.6 is 0 Å². The van der Waals surface area contributed by atoms with Crippen molar-refractivity contribution < 1.29 is 13.9 Å². The van der Waals surface area contributed by atoms with E-state index in [1.54, 1.807) is 4.90 Å². The van der Waals surface area contributed by atoms with Crippen LogP contribution < -0.4 is 5.73 Å². The summed E-state index contributed by atoms with van der Waals surface area (Å²) < 4.78 is 24.5. The third-order valence-electron chi connectivity index (χ3n) is 3.00. The lowest BCUT2D eigenvalue weighted by Crippen LogP contribution is -2.37. The third kappa shape index (κ3) is 4.40. The summed E-state index contributed by atoms with van der Waals surface area (Å²) in [5.41, 5.74) is 5.66. The molecule has 1 aliphatic rings. The minimum absolute atomic E-state index is 0.0641. The van der Waals surface area contributed by atoms with Gasteiger partial charge in [-0.05, 0) is 31.2 Å². The largest absolute Gasteiger partial charge is 0.395 e. The lowest BCUT2D eigenvalue weighted by atomic mass is 10.0. The number of hydrogen-bond acceptors (Lipinski definition) is 3. The first-order valence-corrected chi connectivity index (χ1v) is 5.43. The highest BCUT2D eigenvalue weighted by Crippen LogP contribution is 2.48. The molecule has 3 nitrogen and oxygen atoms in total. The SMILES string of the molecule is NCCC1(CN(CCO)CC(F)F)CC1. The average molecular weight is 222 g/mol. The van der Waals surface area contributed by atoms with E-state index >= 15 is 0 Å². The molecule has 0 aliphatic heterocycles. The van der Waals surface area contributed by atoms with Crippen molar-refractivity contribution in [3.05, 3.63) is 0 Å². The van der Waals surface area contributed by atoms with Crippen molar-refractivity contribution >= 4 is 0 Å². The molecule has 5 heteroatoms. The highest BCUT2D eigenvalue weighted by atomic mass is 19.3. The first-order valence-electron chi connectivity index (χ1n) is 5.43. The molecule has 0 aromatic rings. The molecule has 15 heavy (non-hydrogen) atoms. The summed E-state index contributed by atoms with van der Waals surface area (Å²) >= 11 is 0. The average Bonchev–Trinajstić information content (AvgIpc) is 2.84. The van der Waals surface area contributed by atoms with Crippen LogP contribution in [0.1, 0.15) is 19.3 Å². The fraction of sp³-hybridized carbons (Fsp3) is 1.00. The number of nitrogens with two attached hydrogens (primary N) is 1. The maximum Gasteiger partial charge on any atom is 0.251 e. The van der Waals surface area contributed by atoms with Crippen molar-refractivity contribution in [2.24, 2.45) is 11.1 Å². The highest BCUT2D eigenvalue weighted by Gasteiger charge is 2.42. The van der Waals surface area contributed by atoms with Gasteiger partial charge in [-0.15, -0.1) is 0 Å². The maximum atomic E-state index is 12.2. The van der Waals surface area contributed by atoms with Crippen LogP contribution in [0.2, 0.25) is 0 Å². The van der Waals surface area contributed by atoms with Crippen LogP contribution in [0, 0.1) is 5.41 Å². The Kier molecular flexibility index (Phi) is 4.89. The number of nitrogens with zero attached hydrogens (tertiary/aromatic N) is 1. The van der Waals surface area contributed by atoms with Gasteiger partial charge in [0, 0.05) is 13.1 Å². The van der Waals surface area contributed by atoms with Crippen LogP contribution in [-0.2, 0) is 0 Å². The van der Waals surface area contributed by atoms with E-state index in [0.717, 1.165) is 19.3 Å². The molecular weight excluding hydrogens is 202 g/mol. The summed E-state index contributed by atoms with van der Waals surface area (Å²) in [7, 11) is 0. The van der Waals surface area contributed by atoms with Gasteiger partial charge in [0.15, 0.2) is 0 Å². The van der Waals surface area contributed by atoms with Gasteiger partial charge in [-0.1, -0.05) is 0 Å². The predicted octanol–water partition coefficient (Wildman–Crippen LogP) is 0.675. The van der Waals surface area contributed by atoms with Gasteiger partial charge in [0.05, 0.1) is 13.2 Å². The van der Waals surface area contributed by atoms with E-state index in [9.17, 15) is 8.78 Å². The second kappa shape index (κ2) is 5.72. The van der Waals surface area contributed by atoms with E-state index in [4.69, 9.17) is 10.8 Å². The standard InChI is InChI=1S/C10H20F2N2O/c11-9(12)7-14(5-6-15)8-10(1-2-10)3-4-13/h9,15H,1-8,13H2. The Morgan fingerprint density at radius 1 is 1.40 bits per heavy atom. The van der Waals surface area contributed by atoms with Crippen LogP contribution in [0.15, 0.2) is 0 Å². The van der Waals surface area contributed by atoms with Gasteiger partial charge in [0.2, 0.25) is 0 Å². The Bertz CT molecular complexity index is 186. The van der Waals surface area contributed by atoms with Crippen LogP contribution in [-0.4, -0.2) is 49.2 Å². The van der Waals surface area contributed by atoms with Gasteiger partial charge in [-0.25, -0.2) is 8.78 Å². The van der Waals surface area contributed by atoms with E-state index < -0.39 is 6.43 Å². The number of aliphatic hydroxyl groups is 1. The Labute approximate surface area is 89.2 Å². The van der Waals surface area contributed by atoms with Crippen LogP contribution in [0.25, 0.3) is 0 Å².